The van der Waals surface area contributed by atoms with E-state index in [2.05, 4.69) is 26.5 Å². The summed E-state index contributed by atoms with van der Waals surface area (Å²) < 4.78 is 0. The Morgan fingerprint density at radius 2 is 0.967 bits per heavy atom. The lowest BCUT2D eigenvalue weighted by atomic mass is 10.1. The second-order valence-corrected chi connectivity index (χ2v) is 8.63. The topological polar surface area (TPSA) is 81.2 Å². The number of Topliss-reactive ketones (excluding diaryl/α,β-unsaturated/α-hetero) is 4. The first kappa shape index (κ1) is 26.6. The molecule has 1 fully saturated rings. The monoisotopic (exact) mass is 424 g/mol. The highest BCUT2D eigenvalue weighted by Crippen LogP contribution is 2.10. The Morgan fingerprint density at radius 3 is 1.37 bits per heavy atom. The molecule has 30 heavy (non-hydrogen) atoms. The molecule has 172 valence electrons. The first-order chi connectivity index (χ1) is 14.1. The Bertz CT molecular complexity index is 596. The van der Waals surface area contributed by atoms with Crippen LogP contribution in [0, 0.1) is 0 Å². The minimum absolute atomic E-state index is 0.109. The van der Waals surface area contributed by atoms with E-state index in [9.17, 15) is 19.2 Å². The summed E-state index contributed by atoms with van der Waals surface area (Å²) >= 11 is 0. The molecule has 0 aromatic carbocycles. The van der Waals surface area contributed by atoms with Crippen LogP contribution >= 0.6 is 0 Å². The summed E-state index contributed by atoms with van der Waals surface area (Å²) in [6.07, 6.45) is 0.867. The van der Waals surface area contributed by atoms with Crippen molar-refractivity contribution in [3.05, 3.63) is 0 Å². The molecular weight excluding hydrogens is 384 g/mol. The molecule has 1 atom stereocenters. The summed E-state index contributed by atoms with van der Waals surface area (Å²) in [5.41, 5.74) is 0. The minimum atomic E-state index is 0.109. The molecule has 0 aromatic rings. The molecule has 0 spiro atoms. The molecule has 1 rings (SSSR count). The van der Waals surface area contributed by atoms with Gasteiger partial charge in [-0.1, -0.05) is 6.92 Å². The van der Waals surface area contributed by atoms with Gasteiger partial charge in [0.25, 0.3) is 0 Å². The summed E-state index contributed by atoms with van der Waals surface area (Å²) in [5.74, 6) is 0.445. The molecule has 0 bridgehead atoms. The lowest BCUT2D eigenvalue weighted by Gasteiger charge is -2.37. The van der Waals surface area contributed by atoms with Crippen molar-refractivity contribution in [3.8, 4) is 0 Å². The third-order valence-corrected chi connectivity index (χ3v) is 5.39. The van der Waals surface area contributed by atoms with E-state index in [1.54, 1.807) is 27.7 Å². The lowest BCUT2D eigenvalue weighted by molar-refractivity contribution is -0.121. The van der Waals surface area contributed by atoms with Crippen LogP contribution in [0.1, 0.15) is 41.0 Å². The van der Waals surface area contributed by atoms with Gasteiger partial charge in [0.2, 0.25) is 0 Å². The average Bonchev–Trinajstić information content (AvgIpc) is 2.61. The smallest absolute Gasteiger partial charge is 0.143 e. The van der Waals surface area contributed by atoms with Crippen molar-refractivity contribution in [2.75, 3.05) is 72.0 Å². The van der Waals surface area contributed by atoms with Crippen molar-refractivity contribution < 1.29 is 19.2 Å². The second kappa shape index (κ2) is 13.7. The van der Waals surface area contributed by atoms with Crippen LogP contribution in [0.2, 0.25) is 0 Å². The number of rotatable bonds is 9. The van der Waals surface area contributed by atoms with Gasteiger partial charge in [0, 0.05) is 51.9 Å². The molecule has 0 saturated carbocycles. The molecule has 1 heterocycles. The Hall–Kier alpha value is -1.48. The van der Waals surface area contributed by atoms with E-state index in [-0.39, 0.29) is 29.2 Å². The highest BCUT2D eigenvalue weighted by Gasteiger charge is 2.24. The van der Waals surface area contributed by atoms with Crippen molar-refractivity contribution in [1.29, 1.82) is 0 Å². The van der Waals surface area contributed by atoms with Crippen molar-refractivity contribution in [1.82, 2.24) is 19.6 Å². The van der Waals surface area contributed by atoms with Crippen LogP contribution in [0.15, 0.2) is 0 Å². The number of hydrogen-bond donors (Lipinski definition) is 0. The third kappa shape index (κ3) is 11.1. The van der Waals surface area contributed by atoms with E-state index in [1.165, 1.54) is 0 Å². The Kier molecular flexibility index (Phi) is 12.2. The predicted octanol–water partition coefficient (Wildman–Crippen LogP) is 0.343. The summed E-state index contributed by atoms with van der Waals surface area (Å²) in [6.45, 7) is 14.8. The van der Waals surface area contributed by atoms with Crippen molar-refractivity contribution in [2.24, 2.45) is 0 Å². The van der Waals surface area contributed by atoms with Crippen LogP contribution in [0.4, 0.5) is 0 Å². The predicted molar refractivity (Wildman–Crippen MR) is 118 cm³/mol. The van der Waals surface area contributed by atoms with Gasteiger partial charge in [-0.3, -0.25) is 38.8 Å². The molecule has 0 aliphatic carbocycles. The van der Waals surface area contributed by atoms with Crippen LogP contribution in [-0.2, 0) is 19.2 Å². The lowest BCUT2D eigenvalue weighted by Crippen LogP contribution is -2.52. The first-order valence-corrected chi connectivity index (χ1v) is 11.0. The largest absolute Gasteiger partial charge is 0.299 e. The highest BCUT2D eigenvalue weighted by atomic mass is 16.1. The van der Waals surface area contributed by atoms with Gasteiger partial charge < -0.3 is 0 Å². The fourth-order valence-electron chi connectivity index (χ4n) is 4.03. The maximum Gasteiger partial charge on any atom is 0.143 e. The van der Waals surface area contributed by atoms with Crippen molar-refractivity contribution in [2.45, 2.75) is 47.1 Å². The van der Waals surface area contributed by atoms with Crippen LogP contribution in [0.25, 0.3) is 0 Å². The van der Waals surface area contributed by atoms with Crippen LogP contribution < -0.4 is 0 Å². The molecule has 8 heteroatoms. The van der Waals surface area contributed by atoms with Crippen LogP contribution in [0.5, 0.6) is 0 Å². The zero-order valence-corrected chi connectivity index (χ0v) is 19.5. The summed E-state index contributed by atoms with van der Waals surface area (Å²) in [7, 11) is 0. The van der Waals surface area contributed by atoms with Crippen LogP contribution in [-0.4, -0.2) is 121 Å². The molecule has 0 amide bonds. The highest BCUT2D eigenvalue weighted by molar-refractivity contribution is 5.78. The minimum Gasteiger partial charge on any atom is -0.299 e. The van der Waals surface area contributed by atoms with E-state index in [1.807, 2.05) is 0 Å². The van der Waals surface area contributed by atoms with Gasteiger partial charge in [0.15, 0.2) is 0 Å². The van der Waals surface area contributed by atoms with E-state index >= 15 is 0 Å². The van der Waals surface area contributed by atoms with Gasteiger partial charge in [-0.05, 0) is 34.1 Å². The molecule has 1 aliphatic heterocycles. The van der Waals surface area contributed by atoms with E-state index in [4.69, 9.17) is 0 Å². The average molecular weight is 425 g/mol. The molecule has 0 radical (unpaired) electrons. The van der Waals surface area contributed by atoms with Crippen molar-refractivity contribution in [3.63, 3.8) is 0 Å². The zero-order chi connectivity index (χ0) is 22.7. The molecule has 1 saturated heterocycles. The Labute approximate surface area is 181 Å². The van der Waals surface area contributed by atoms with Gasteiger partial charge in [0.05, 0.1) is 26.2 Å². The van der Waals surface area contributed by atoms with E-state index < -0.39 is 0 Å². The van der Waals surface area contributed by atoms with Crippen molar-refractivity contribution >= 4 is 23.1 Å². The van der Waals surface area contributed by atoms with Gasteiger partial charge in [-0.15, -0.1) is 0 Å². The number of carbonyl (C=O) groups excluding carboxylic acids is 4. The maximum absolute atomic E-state index is 11.9. The quantitative estimate of drug-likeness (QED) is 0.524. The second-order valence-electron chi connectivity index (χ2n) is 8.63. The zero-order valence-electron chi connectivity index (χ0n) is 19.5. The standard InChI is InChI=1S/C22H40N4O4/c1-6-22-17-25(15-20(4)29)10-9-23(13-18(2)27)7-8-24(14-19(3)28)11-12-26(22)16-21(5)30/h22H,6-17H2,1-5H3. The van der Waals surface area contributed by atoms with E-state index in [0.717, 1.165) is 6.42 Å². The molecule has 1 unspecified atom stereocenters. The number of hydrogen-bond acceptors (Lipinski definition) is 8. The van der Waals surface area contributed by atoms with Gasteiger partial charge >= 0.3 is 0 Å². The van der Waals surface area contributed by atoms with Crippen LogP contribution in [0.3, 0.4) is 0 Å². The van der Waals surface area contributed by atoms with E-state index in [0.29, 0.717) is 72.0 Å². The molecule has 1 aliphatic rings. The van der Waals surface area contributed by atoms with Gasteiger partial charge in [0.1, 0.15) is 23.1 Å². The number of nitrogens with zero attached hydrogens (tertiary/aromatic N) is 4. The molecule has 0 aromatic heterocycles. The Balaban J connectivity index is 3.09. The SMILES string of the molecule is CCC1CN(CC(C)=O)CCN(CC(C)=O)CCN(CC(C)=O)CCN1CC(C)=O. The third-order valence-electron chi connectivity index (χ3n) is 5.39. The molecule has 0 N–H and O–H groups in total. The fraction of sp³-hybridized carbons (Fsp3) is 0.818. The molecular formula is C22H40N4O4. The normalized spacial score (nSPS) is 21.6. The summed E-state index contributed by atoms with van der Waals surface area (Å²) in [6, 6.07) is 0.146. The van der Waals surface area contributed by atoms with Gasteiger partial charge in [-0.2, -0.15) is 0 Å². The van der Waals surface area contributed by atoms with Gasteiger partial charge in [-0.25, -0.2) is 0 Å². The maximum atomic E-state index is 11.9. The molecule has 8 nitrogen and oxygen atoms in total. The number of carbonyl (C=O) groups is 4. The fourth-order valence-corrected chi connectivity index (χ4v) is 4.03. The Morgan fingerprint density at radius 1 is 0.600 bits per heavy atom. The number of ketones is 4. The first-order valence-electron chi connectivity index (χ1n) is 11.0. The summed E-state index contributed by atoms with van der Waals surface area (Å²) in [4.78, 5) is 55.8. The summed E-state index contributed by atoms with van der Waals surface area (Å²) in [5, 5.41) is 0.